The van der Waals surface area contributed by atoms with E-state index in [2.05, 4.69) is 39.1 Å². The van der Waals surface area contributed by atoms with Gasteiger partial charge in [-0.2, -0.15) is 0 Å². The predicted molar refractivity (Wildman–Crippen MR) is 144 cm³/mol. The van der Waals surface area contributed by atoms with E-state index < -0.39 is 8.07 Å². The molecule has 0 saturated heterocycles. The molecule has 30 heavy (non-hydrogen) atoms. The monoisotopic (exact) mass is 436 g/mol. The number of rotatable bonds is 24. The van der Waals surface area contributed by atoms with Crippen LogP contribution < -0.4 is 0 Å². The second-order valence-electron chi connectivity index (χ2n) is 10.4. The van der Waals surface area contributed by atoms with Crippen LogP contribution in [-0.2, 0) is 0 Å². The molecule has 0 amide bonds. The highest BCUT2D eigenvalue weighted by atomic mass is 28.3. The Bertz CT molecular complexity index is 326. The fraction of sp³-hybridized carbons (Fsp3) is 0.931. The van der Waals surface area contributed by atoms with Crippen LogP contribution in [0.25, 0.3) is 0 Å². The Morgan fingerprint density at radius 2 is 0.767 bits per heavy atom. The van der Waals surface area contributed by atoms with Gasteiger partial charge in [-0.3, -0.25) is 0 Å². The number of hydrogen-bond donors (Lipinski definition) is 0. The van der Waals surface area contributed by atoms with Crippen LogP contribution in [-0.4, -0.2) is 8.07 Å². The summed E-state index contributed by atoms with van der Waals surface area (Å²) < 4.78 is 0. The van der Waals surface area contributed by atoms with E-state index in [1.807, 2.05) is 0 Å². The van der Waals surface area contributed by atoms with Gasteiger partial charge in [-0.25, -0.2) is 0 Å². The molecule has 0 aromatic rings. The molecule has 0 bridgehead atoms. The Balaban J connectivity index is 4.12. The Hall–Kier alpha value is -0.0431. The molecule has 0 fully saturated rings. The van der Waals surface area contributed by atoms with Crippen LogP contribution in [0.1, 0.15) is 156 Å². The average molecular weight is 437 g/mol. The Morgan fingerprint density at radius 1 is 0.433 bits per heavy atom. The van der Waals surface area contributed by atoms with E-state index >= 15 is 0 Å². The van der Waals surface area contributed by atoms with Crippen molar-refractivity contribution in [1.82, 2.24) is 0 Å². The molecule has 0 aromatic carbocycles. The lowest BCUT2D eigenvalue weighted by Gasteiger charge is -2.24. The minimum absolute atomic E-state index is 1.16. The van der Waals surface area contributed by atoms with Gasteiger partial charge in [0.05, 0.1) is 8.07 Å². The molecular formula is C29H60Si. The molecule has 0 N–H and O–H groups in total. The quantitative estimate of drug-likeness (QED) is 0.104. The maximum absolute atomic E-state index is 2.77. The maximum Gasteiger partial charge on any atom is 0.0743 e. The highest BCUT2D eigenvalue weighted by Gasteiger charge is 2.22. The third-order valence-electron chi connectivity index (χ3n) is 6.95. The van der Waals surface area contributed by atoms with Crippen molar-refractivity contribution >= 4 is 8.07 Å². The van der Waals surface area contributed by atoms with Crippen molar-refractivity contribution < 1.29 is 0 Å². The van der Waals surface area contributed by atoms with E-state index in [0.717, 1.165) is 0 Å². The van der Waals surface area contributed by atoms with Crippen molar-refractivity contribution in [2.45, 2.75) is 174 Å². The Morgan fingerprint density at radius 3 is 1.17 bits per heavy atom. The lowest BCUT2D eigenvalue weighted by molar-refractivity contribution is 0.580. The summed E-state index contributed by atoms with van der Waals surface area (Å²) in [7, 11) is -1.16. The maximum atomic E-state index is 2.77. The highest BCUT2D eigenvalue weighted by Crippen LogP contribution is 2.25. The minimum atomic E-state index is -1.16. The molecule has 0 rings (SSSR count). The molecular weight excluding hydrogens is 376 g/mol. The van der Waals surface area contributed by atoms with E-state index in [0.29, 0.717) is 0 Å². The first-order valence-corrected chi connectivity index (χ1v) is 17.4. The Kier molecular flexibility index (Phi) is 23.6. The zero-order valence-corrected chi connectivity index (χ0v) is 22.9. The first-order chi connectivity index (χ1) is 14.7. The number of unbranched alkanes of at least 4 members (excludes halogenated alkanes) is 18. The standard InChI is InChI=1S/C29H60Si/c1-5-8-11-14-17-19-22-25-28-30(4,27-24-21-16-13-10-7-3)29-26-23-20-18-15-12-9-6-2/h24,27H,5-23,25-26,28-29H2,1-4H3/b27-24+. The van der Waals surface area contributed by atoms with Crippen molar-refractivity contribution in [3.8, 4) is 0 Å². The molecule has 180 valence electrons. The zero-order chi connectivity index (χ0) is 22.2. The summed E-state index contributed by atoms with van der Waals surface area (Å²) in [5.41, 5.74) is 2.77. The van der Waals surface area contributed by atoms with Crippen LogP contribution in [0.3, 0.4) is 0 Å². The van der Waals surface area contributed by atoms with Gasteiger partial charge in [0, 0.05) is 0 Å². The topological polar surface area (TPSA) is 0 Å². The largest absolute Gasteiger partial charge is 0.0984 e. The number of allylic oxidation sites excluding steroid dienone is 1. The molecule has 0 aliphatic heterocycles. The molecule has 0 aliphatic carbocycles. The van der Waals surface area contributed by atoms with Crippen molar-refractivity contribution in [3.63, 3.8) is 0 Å². The molecule has 0 aromatic heterocycles. The van der Waals surface area contributed by atoms with E-state index in [1.165, 1.54) is 135 Å². The van der Waals surface area contributed by atoms with Gasteiger partial charge >= 0.3 is 0 Å². The van der Waals surface area contributed by atoms with E-state index in [1.54, 1.807) is 12.1 Å². The van der Waals surface area contributed by atoms with Crippen molar-refractivity contribution in [2.24, 2.45) is 0 Å². The summed E-state index contributed by atoms with van der Waals surface area (Å²) >= 11 is 0. The highest BCUT2D eigenvalue weighted by molar-refractivity contribution is 6.83. The summed E-state index contributed by atoms with van der Waals surface area (Å²) in [6.07, 6.45) is 32.9. The van der Waals surface area contributed by atoms with Crippen molar-refractivity contribution in [2.75, 3.05) is 0 Å². The second kappa shape index (κ2) is 23.6. The molecule has 0 unspecified atom stereocenters. The molecule has 0 radical (unpaired) electrons. The van der Waals surface area contributed by atoms with Gasteiger partial charge in [0.15, 0.2) is 0 Å². The van der Waals surface area contributed by atoms with Gasteiger partial charge in [-0.15, -0.1) is 0 Å². The normalized spacial score (nSPS) is 12.3. The summed E-state index contributed by atoms with van der Waals surface area (Å²) in [6, 6.07) is 3.09. The molecule has 0 nitrogen and oxygen atoms in total. The summed E-state index contributed by atoms with van der Waals surface area (Å²) in [4.78, 5) is 0. The predicted octanol–water partition coefficient (Wildman–Crippen LogP) is 11.4. The van der Waals surface area contributed by atoms with Crippen LogP contribution in [0.2, 0.25) is 18.6 Å². The third-order valence-corrected chi connectivity index (χ3v) is 11.0. The summed E-state index contributed by atoms with van der Waals surface area (Å²) in [5, 5.41) is 0. The molecule has 0 spiro atoms. The van der Waals surface area contributed by atoms with E-state index in [4.69, 9.17) is 0 Å². The van der Waals surface area contributed by atoms with Gasteiger partial charge in [0.1, 0.15) is 0 Å². The smallest absolute Gasteiger partial charge is 0.0743 e. The molecule has 0 heterocycles. The van der Waals surface area contributed by atoms with Gasteiger partial charge in [0.2, 0.25) is 0 Å². The third kappa shape index (κ3) is 21.2. The zero-order valence-electron chi connectivity index (χ0n) is 21.9. The fourth-order valence-electron chi connectivity index (χ4n) is 4.67. The lowest BCUT2D eigenvalue weighted by Crippen LogP contribution is -2.27. The van der Waals surface area contributed by atoms with Gasteiger partial charge in [0.25, 0.3) is 0 Å². The van der Waals surface area contributed by atoms with Crippen molar-refractivity contribution in [1.29, 1.82) is 0 Å². The lowest BCUT2D eigenvalue weighted by atomic mass is 10.1. The van der Waals surface area contributed by atoms with Gasteiger partial charge < -0.3 is 0 Å². The molecule has 1 heteroatoms. The minimum Gasteiger partial charge on any atom is -0.0984 e. The van der Waals surface area contributed by atoms with Crippen LogP contribution in [0.4, 0.5) is 0 Å². The van der Waals surface area contributed by atoms with Gasteiger partial charge in [-0.1, -0.05) is 173 Å². The number of hydrogen-bond acceptors (Lipinski definition) is 0. The average Bonchev–Trinajstić information content (AvgIpc) is 2.74. The second-order valence-corrected chi connectivity index (χ2v) is 15.0. The molecule has 0 aliphatic rings. The SMILES string of the molecule is CCCCCC/C=C/[Si](C)(CCCCCCCCCC)CCCCCCCCCC. The van der Waals surface area contributed by atoms with E-state index in [-0.39, 0.29) is 0 Å². The first-order valence-electron chi connectivity index (χ1n) is 14.4. The van der Waals surface area contributed by atoms with Crippen LogP contribution in [0.15, 0.2) is 11.8 Å². The Labute approximate surface area is 194 Å². The molecule has 0 atom stereocenters. The van der Waals surface area contributed by atoms with E-state index in [9.17, 15) is 0 Å². The summed E-state index contributed by atoms with van der Waals surface area (Å²) in [5.74, 6) is 0. The van der Waals surface area contributed by atoms with Crippen molar-refractivity contribution in [3.05, 3.63) is 11.8 Å². The first kappa shape index (κ1) is 30.0. The van der Waals surface area contributed by atoms with Crippen LogP contribution in [0.5, 0.6) is 0 Å². The van der Waals surface area contributed by atoms with Crippen LogP contribution >= 0.6 is 0 Å². The van der Waals surface area contributed by atoms with Gasteiger partial charge in [-0.05, 0) is 12.8 Å². The molecule has 0 saturated carbocycles. The van der Waals surface area contributed by atoms with Crippen LogP contribution in [0, 0.1) is 0 Å². The summed E-state index contributed by atoms with van der Waals surface area (Å²) in [6.45, 7) is 9.63. The fourth-order valence-corrected chi connectivity index (χ4v) is 8.11.